The Labute approximate surface area is 120 Å². The van der Waals surface area contributed by atoms with Crippen molar-refractivity contribution < 1.29 is 5.11 Å². The van der Waals surface area contributed by atoms with Crippen molar-refractivity contribution in [2.24, 2.45) is 17.8 Å². The van der Waals surface area contributed by atoms with E-state index in [1.165, 1.54) is 42.0 Å². The molecule has 0 radical (unpaired) electrons. The first-order chi connectivity index (χ1) is 9.74. The third-order valence-electron chi connectivity index (χ3n) is 5.69. The van der Waals surface area contributed by atoms with Gasteiger partial charge in [0.1, 0.15) is 0 Å². The highest BCUT2D eigenvalue weighted by Gasteiger charge is 2.43. The first kappa shape index (κ1) is 12.4. The van der Waals surface area contributed by atoms with E-state index in [0.29, 0.717) is 5.92 Å². The second-order valence-electron chi connectivity index (χ2n) is 6.80. The molecule has 2 bridgehead atoms. The summed E-state index contributed by atoms with van der Waals surface area (Å²) >= 11 is 0. The summed E-state index contributed by atoms with van der Waals surface area (Å²) in [6.45, 7) is 2.15. The lowest BCUT2D eigenvalue weighted by atomic mass is 9.81. The zero-order chi connectivity index (χ0) is 13.7. The minimum Gasteiger partial charge on any atom is -0.388 e. The van der Waals surface area contributed by atoms with E-state index in [-0.39, 0.29) is 6.10 Å². The maximum absolute atomic E-state index is 10.9. The first-order valence-electron chi connectivity index (χ1n) is 7.90. The Morgan fingerprint density at radius 1 is 1.00 bits per heavy atom. The van der Waals surface area contributed by atoms with Gasteiger partial charge >= 0.3 is 0 Å². The van der Waals surface area contributed by atoms with Gasteiger partial charge in [-0.2, -0.15) is 0 Å². The molecular formula is C19H22O. The number of aliphatic hydroxyl groups excluding tert-OH is 1. The first-order valence-corrected chi connectivity index (χ1v) is 7.90. The molecule has 0 heterocycles. The lowest BCUT2D eigenvalue weighted by Gasteiger charge is -2.28. The van der Waals surface area contributed by atoms with Gasteiger partial charge in [-0.05, 0) is 65.8 Å². The van der Waals surface area contributed by atoms with Crippen LogP contribution in [0.3, 0.4) is 0 Å². The number of benzene rings is 2. The van der Waals surface area contributed by atoms with Gasteiger partial charge in [-0.1, -0.05) is 42.8 Å². The summed E-state index contributed by atoms with van der Waals surface area (Å²) in [4.78, 5) is 0. The molecule has 2 aliphatic carbocycles. The zero-order valence-electron chi connectivity index (χ0n) is 12.0. The van der Waals surface area contributed by atoms with Gasteiger partial charge in [-0.15, -0.1) is 0 Å². The Morgan fingerprint density at radius 2 is 1.80 bits per heavy atom. The van der Waals surface area contributed by atoms with Crippen LogP contribution in [0.4, 0.5) is 0 Å². The SMILES string of the molecule is Cc1ccc(C(O)C2CC3CCC2C3)c2ccccc12. The molecule has 2 aromatic carbocycles. The van der Waals surface area contributed by atoms with Crippen molar-refractivity contribution in [3.63, 3.8) is 0 Å². The van der Waals surface area contributed by atoms with Crippen molar-refractivity contribution in [2.75, 3.05) is 0 Å². The summed E-state index contributed by atoms with van der Waals surface area (Å²) in [6.07, 6.45) is 5.02. The van der Waals surface area contributed by atoms with Gasteiger partial charge in [-0.3, -0.25) is 0 Å². The van der Waals surface area contributed by atoms with Crippen LogP contribution in [0.2, 0.25) is 0 Å². The maximum atomic E-state index is 10.9. The normalized spacial score (nSPS) is 30.0. The van der Waals surface area contributed by atoms with E-state index in [2.05, 4.69) is 43.3 Å². The lowest BCUT2D eigenvalue weighted by Crippen LogP contribution is -2.19. The third kappa shape index (κ3) is 1.80. The number of aliphatic hydroxyl groups is 1. The highest BCUT2D eigenvalue weighted by Crippen LogP contribution is 2.53. The highest BCUT2D eigenvalue weighted by atomic mass is 16.3. The van der Waals surface area contributed by atoms with Gasteiger partial charge in [0.05, 0.1) is 6.10 Å². The monoisotopic (exact) mass is 266 g/mol. The molecule has 4 atom stereocenters. The summed E-state index contributed by atoms with van der Waals surface area (Å²) in [5.74, 6) is 2.13. The van der Waals surface area contributed by atoms with Crippen LogP contribution >= 0.6 is 0 Å². The van der Waals surface area contributed by atoms with Crippen LogP contribution in [0.5, 0.6) is 0 Å². The van der Waals surface area contributed by atoms with Gasteiger partial charge in [0.25, 0.3) is 0 Å². The van der Waals surface area contributed by atoms with Crippen molar-refractivity contribution in [1.29, 1.82) is 0 Å². The van der Waals surface area contributed by atoms with Crippen LogP contribution in [-0.2, 0) is 0 Å². The summed E-state index contributed by atoms with van der Waals surface area (Å²) in [7, 11) is 0. The van der Waals surface area contributed by atoms with E-state index >= 15 is 0 Å². The fraction of sp³-hybridized carbons (Fsp3) is 0.474. The van der Waals surface area contributed by atoms with E-state index in [1.54, 1.807) is 0 Å². The average molecular weight is 266 g/mol. The molecule has 0 amide bonds. The van der Waals surface area contributed by atoms with Gasteiger partial charge in [-0.25, -0.2) is 0 Å². The standard InChI is InChI=1S/C19H22O/c1-12-6-9-17(16-5-3-2-4-15(12)16)19(20)18-11-13-7-8-14(18)10-13/h2-6,9,13-14,18-20H,7-8,10-11H2,1H3. The Bertz CT molecular complexity index is 645. The highest BCUT2D eigenvalue weighted by molar-refractivity contribution is 5.88. The molecule has 2 aliphatic rings. The fourth-order valence-corrected chi connectivity index (χ4v) is 4.64. The molecule has 0 saturated heterocycles. The molecule has 4 unspecified atom stereocenters. The fourth-order valence-electron chi connectivity index (χ4n) is 4.64. The molecule has 2 saturated carbocycles. The van der Waals surface area contributed by atoms with Crippen LogP contribution in [0, 0.1) is 24.7 Å². The number of hydrogen-bond donors (Lipinski definition) is 1. The number of fused-ring (bicyclic) bond motifs is 3. The van der Waals surface area contributed by atoms with Crippen molar-refractivity contribution >= 4 is 10.8 Å². The molecule has 1 heteroatoms. The molecule has 0 aromatic heterocycles. The second kappa shape index (κ2) is 4.60. The molecule has 0 aliphatic heterocycles. The van der Waals surface area contributed by atoms with Gasteiger partial charge in [0.15, 0.2) is 0 Å². The van der Waals surface area contributed by atoms with E-state index in [1.807, 2.05) is 0 Å². The van der Waals surface area contributed by atoms with Gasteiger partial charge in [0, 0.05) is 0 Å². The Morgan fingerprint density at radius 3 is 2.50 bits per heavy atom. The second-order valence-corrected chi connectivity index (χ2v) is 6.80. The van der Waals surface area contributed by atoms with Crippen LogP contribution in [0.25, 0.3) is 10.8 Å². The minimum atomic E-state index is -0.282. The molecular weight excluding hydrogens is 244 g/mol. The van der Waals surface area contributed by atoms with Gasteiger partial charge in [0.2, 0.25) is 0 Å². The smallest absolute Gasteiger partial charge is 0.0826 e. The molecule has 2 fully saturated rings. The average Bonchev–Trinajstić information content (AvgIpc) is 3.10. The van der Waals surface area contributed by atoms with E-state index in [4.69, 9.17) is 0 Å². The van der Waals surface area contributed by atoms with Gasteiger partial charge < -0.3 is 5.11 Å². The van der Waals surface area contributed by atoms with Crippen molar-refractivity contribution in [1.82, 2.24) is 0 Å². The zero-order valence-corrected chi connectivity index (χ0v) is 12.0. The molecule has 2 aromatic rings. The molecule has 104 valence electrons. The molecule has 20 heavy (non-hydrogen) atoms. The predicted octanol–water partition coefficient (Wildman–Crippen LogP) is 4.62. The van der Waals surface area contributed by atoms with Crippen LogP contribution in [0.1, 0.15) is 42.9 Å². The largest absolute Gasteiger partial charge is 0.388 e. The summed E-state index contributed by atoms with van der Waals surface area (Å²) in [6, 6.07) is 12.8. The molecule has 1 N–H and O–H groups in total. The van der Waals surface area contributed by atoms with Crippen molar-refractivity contribution in [3.8, 4) is 0 Å². The predicted molar refractivity (Wildman–Crippen MR) is 82.6 cm³/mol. The Hall–Kier alpha value is -1.34. The topological polar surface area (TPSA) is 20.2 Å². The Balaban J connectivity index is 1.77. The van der Waals surface area contributed by atoms with Crippen molar-refractivity contribution in [3.05, 3.63) is 47.5 Å². The van der Waals surface area contributed by atoms with Crippen LogP contribution in [0.15, 0.2) is 36.4 Å². The van der Waals surface area contributed by atoms with Crippen LogP contribution < -0.4 is 0 Å². The number of hydrogen-bond acceptors (Lipinski definition) is 1. The quantitative estimate of drug-likeness (QED) is 0.841. The third-order valence-corrected chi connectivity index (χ3v) is 5.69. The summed E-state index contributed by atoms with van der Waals surface area (Å²) in [5.41, 5.74) is 2.44. The van der Waals surface area contributed by atoms with Crippen LogP contribution in [-0.4, -0.2) is 5.11 Å². The van der Waals surface area contributed by atoms with E-state index in [0.717, 1.165) is 17.4 Å². The molecule has 4 rings (SSSR count). The minimum absolute atomic E-state index is 0.282. The number of aryl methyl sites for hydroxylation is 1. The lowest BCUT2D eigenvalue weighted by molar-refractivity contribution is 0.0757. The van der Waals surface area contributed by atoms with E-state index < -0.39 is 0 Å². The Kier molecular flexibility index (Phi) is 2.85. The van der Waals surface area contributed by atoms with E-state index in [9.17, 15) is 5.11 Å². The van der Waals surface area contributed by atoms with Crippen molar-refractivity contribution in [2.45, 2.75) is 38.7 Å². The summed E-state index contributed by atoms with van der Waals surface area (Å²) in [5, 5.41) is 13.5. The molecule has 1 nitrogen and oxygen atoms in total. The maximum Gasteiger partial charge on any atom is 0.0826 e. The molecule has 0 spiro atoms. The number of rotatable bonds is 2. The summed E-state index contributed by atoms with van der Waals surface area (Å²) < 4.78 is 0.